The fourth-order valence-electron chi connectivity index (χ4n) is 1.22. The minimum atomic E-state index is -1.08. The Morgan fingerprint density at radius 1 is 1.57 bits per heavy atom. The van der Waals surface area contributed by atoms with Crippen LogP contribution in [-0.4, -0.2) is 25.4 Å². The van der Waals surface area contributed by atoms with Gasteiger partial charge < -0.3 is 10.8 Å². The Labute approximate surface area is 79.0 Å². The van der Waals surface area contributed by atoms with Gasteiger partial charge >= 0.3 is 5.97 Å². The lowest BCUT2D eigenvalue weighted by atomic mass is 10.2. The number of aromatic nitrogens is 3. The Kier molecular flexibility index (Phi) is 1.90. The van der Waals surface area contributed by atoms with E-state index in [0.29, 0.717) is 11.3 Å². The molecule has 2 heterocycles. The second-order valence-electron chi connectivity index (χ2n) is 2.80. The molecule has 0 spiro atoms. The van der Waals surface area contributed by atoms with Crippen molar-refractivity contribution in [3.8, 4) is 0 Å². The van der Waals surface area contributed by atoms with E-state index in [1.165, 1.54) is 12.4 Å². The molecule has 0 radical (unpaired) electrons. The van der Waals surface area contributed by atoms with Gasteiger partial charge in [0.1, 0.15) is 6.04 Å². The highest BCUT2D eigenvalue weighted by molar-refractivity contribution is 5.74. The third-order valence-electron chi connectivity index (χ3n) is 1.93. The predicted octanol–water partition coefficient (Wildman–Crippen LogP) is -0.186. The van der Waals surface area contributed by atoms with Gasteiger partial charge in [0, 0.05) is 12.4 Å². The Morgan fingerprint density at radius 2 is 2.36 bits per heavy atom. The van der Waals surface area contributed by atoms with Gasteiger partial charge in [-0.2, -0.15) is 0 Å². The molecule has 0 amide bonds. The molecule has 0 bridgehead atoms. The van der Waals surface area contributed by atoms with Gasteiger partial charge in [0.05, 0.1) is 18.1 Å². The third kappa shape index (κ3) is 1.21. The monoisotopic (exact) mass is 192 g/mol. The van der Waals surface area contributed by atoms with Crippen molar-refractivity contribution < 1.29 is 9.90 Å². The normalized spacial score (nSPS) is 12.9. The number of nitrogens with zero attached hydrogens (tertiary/aromatic N) is 3. The molecule has 2 rings (SSSR count). The smallest absolute Gasteiger partial charge is 0.326 e. The number of nitrogens with two attached hydrogens (primary N) is 1. The number of carbonyl (C=O) groups is 1. The molecule has 1 atom stereocenters. The predicted molar refractivity (Wildman–Crippen MR) is 47.6 cm³/mol. The summed E-state index contributed by atoms with van der Waals surface area (Å²) in [6.45, 7) is 0. The van der Waals surface area contributed by atoms with E-state index in [1.807, 2.05) is 0 Å². The van der Waals surface area contributed by atoms with Gasteiger partial charge in [0.15, 0.2) is 5.65 Å². The molecule has 14 heavy (non-hydrogen) atoms. The number of imidazole rings is 1. The average Bonchev–Trinajstić information content (AvgIpc) is 2.60. The van der Waals surface area contributed by atoms with Crippen LogP contribution in [0.1, 0.15) is 11.7 Å². The highest BCUT2D eigenvalue weighted by Crippen LogP contribution is 2.11. The summed E-state index contributed by atoms with van der Waals surface area (Å²) in [5, 5.41) is 8.73. The molecular weight excluding hydrogens is 184 g/mol. The molecular formula is C8H8N4O2. The van der Waals surface area contributed by atoms with Crippen LogP contribution in [0, 0.1) is 0 Å². The summed E-state index contributed by atoms with van der Waals surface area (Å²) < 4.78 is 1.60. The number of aliphatic carboxylic acids is 1. The van der Waals surface area contributed by atoms with Crippen LogP contribution in [-0.2, 0) is 4.79 Å². The Hall–Kier alpha value is -1.95. The third-order valence-corrected chi connectivity index (χ3v) is 1.93. The molecule has 3 N–H and O–H groups in total. The first-order chi connectivity index (χ1) is 6.70. The van der Waals surface area contributed by atoms with Gasteiger partial charge in [-0.1, -0.05) is 0 Å². The number of hydrogen-bond acceptors (Lipinski definition) is 4. The lowest BCUT2D eigenvalue weighted by Gasteiger charge is -2.04. The number of carboxylic acid groups (broad SMARTS) is 1. The van der Waals surface area contributed by atoms with Crippen molar-refractivity contribution in [2.45, 2.75) is 6.04 Å². The largest absolute Gasteiger partial charge is 0.480 e. The second kappa shape index (κ2) is 3.08. The van der Waals surface area contributed by atoms with Gasteiger partial charge in [-0.15, -0.1) is 0 Å². The quantitative estimate of drug-likeness (QED) is 0.688. The first kappa shape index (κ1) is 8.64. The minimum absolute atomic E-state index is 0.440. The van der Waals surface area contributed by atoms with E-state index >= 15 is 0 Å². The van der Waals surface area contributed by atoms with E-state index in [-0.39, 0.29) is 0 Å². The molecule has 0 aliphatic heterocycles. The van der Waals surface area contributed by atoms with E-state index in [4.69, 9.17) is 10.8 Å². The summed E-state index contributed by atoms with van der Waals surface area (Å²) in [7, 11) is 0. The highest BCUT2D eigenvalue weighted by atomic mass is 16.4. The summed E-state index contributed by atoms with van der Waals surface area (Å²) in [4.78, 5) is 18.5. The van der Waals surface area contributed by atoms with Crippen LogP contribution in [0.15, 0.2) is 24.8 Å². The highest BCUT2D eigenvalue weighted by Gasteiger charge is 2.18. The van der Waals surface area contributed by atoms with Crippen molar-refractivity contribution in [1.29, 1.82) is 0 Å². The van der Waals surface area contributed by atoms with E-state index in [9.17, 15) is 4.79 Å². The van der Waals surface area contributed by atoms with Gasteiger partial charge in [-0.3, -0.25) is 14.2 Å². The van der Waals surface area contributed by atoms with E-state index in [0.717, 1.165) is 0 Å². The lowest BCUT2D eigenvalue weighted by molar-refractivity contribution is -0.138. The number of rotatable bonds is 2. The first-order valence-corrected chi connectivity index (χ1v) is 3.95. The maximum atomic E-state index is 10.7. The van der Waals surface area contributed by atoms with Crippen molar-refractivity contribution in [2.75, 3.05) is 0 Å². The summed E-state index contributed by atoms with van der Waals surface area (Å²) >= 11 is 0. The molecule has 0 fully saturated rings. The molecule has 72 valence electrons. The van der Waals surface area contributed by atoms with Crippen molar-refractivity contribution in [2.24, 2.45) is 5.73 Å². The van der Waals surface area contributed by atoms with Gasteiger partial charge in [0.2, 0.25) is 0 Å². The van der Waals surface area contributed by atoms with Crippen LogP contribution in [0.2, 0.25) is 0 Å². The molecule has 2 aromatic heterocycles. The summed E-state index contributed by atoms with van der Waals surface area (Å²) in [6.07, 6.45) is 6.15. The Morgan fingerprint density at radius 3 is 3.07 bits per heavy atom. The second-order valence-corrected chi connectivity index (χ2v) is 2.80. The molecule has 0 saturated carbocycles. The SMILES string of the molecule is NC(C(=O)O)c1cnc2cnccn12. The van der Waals surface area contributed by atoms with Crippen LogP contribution < -0.4 is 5.73 Å². The molecule has 0 aliphatic carbocycles. The molecule has 0 saturated heterocycles. The zero-order chi connectivity index (χ0) is 10.1. The molecule has 0 aliphatic rings. The van der Waals surface area contributed by atoms with Crippen LogP contribution in [0.4, 0.5) is 0 Å². The molecule has 6 nitrogen and oxygen atoms in total. The molecule has 1 unspecified atom stereocenters. The van der Waals surface area contributed by atoms with Crippen molar-refractivity contribution in [3.05, 3.63) is 30.5 Å². The topological polar surface area (TPSA) is 93.5 Å². The number of fused-ring (bicyclic) bond motifs is 1. The molecule has 2 aromatic rings. The standard InChI is InChI=1S/C8H8N4O2/c9-7(8(13)14)5-3-11-6-4-10-1-2-12(5)6/h1-4,7H,9H2,(H,13,14). The average molecular weight is 192 g/mol. The van der Waals surface area contributed by atoms with E-state index in [1.54, 1.807) is 16.8 Å². The van der Waals surface area contributed by atoms with Crippen LogP contribution in [0.25, 0.3) is 5.65 Å². The van der Waals surface area contributed by atoms with Crippen LogP contribution in [0.3, 0.4) is 0 Å². The lowest BCUT2D eigenvalue weighted by Crippen LogP contribution is -2.22. The van der Waals surface area contributed by atoms with E-state index in [2.05, 4.69) is 9.97 Å². The maximum absolute atomic E-state index is 10.7. The van der Waals surface area contributed by atoms with Crippen molar-refractivity contribution in [1.82, 2.24) is 14.4 Å². The minimum Gasteiger partial charge on any atom is -0.480 e. The van der Waals surface area contributed by atoms with E-state index < -0.39 is 12.0 Å². The molecule has 0 aromatic carbocycles. The van der Waals surface area contributed by atoms with Crippen LogP contribution in [0.5, 0.6) is 0 Å². The summed E-state index contributed by atoms with van der Waals surface area (Å²) in [5.41, 5.74) is 6.49. The van der Waals surface area contributed by atoms with Gasteiger partial charge in [0.25, 0.3) is 0 Å². The summed E-state index contributed by atoms with van der Waals surface area (Å²) in [6, 6.07) is -1.06. The van der Waals surface area contributed by atoms with Crippen molar-refractivity contribution in [3.63, 3.8) is 0 Å². The fourth-order valence-corrected chi connectivity index (χ4v) is 1.22. The van der Waals surface area contributed by atoms with Crippen LogP contribution >= 0.6 is 0 Å². The van der Waals surface area contributed by atoms with Gasteiger partial charge in [-0.25, -0.2) is 4.98 Å². The first-order valence-electron chi connectivity index (χ1n) is 3.95. The fraction of sp³-hybridized carbons (Fsp3) is 0.125. The number of hydrogen-bond donors (Lipinski definition) is 2. The number of carboxylic acids is 1. The maximum Gasteiger partial charge on any atom is 0.326 e. The Balaban J connectivity index is 2.58. The zero-order valence-corrected chi connectivity index (χ0v) is 7.16. The van der Waals surface area contributed by atoms with Crippen molar-refractivity contribution >= 4 is 11.6 Å². The Bertz CT molecular complexity index is 479. The summed E-state index contributed by atoms with van der Waals surface area (Å²) in [5.74, 6) is -1.08. The van der Waals surface area contributed by atoms with Gasteiger partial charge in [-0.05, 0) is 0 Å². The molecule has 6 heteroatoms. The zero-order valence-electron chi connectivity index (χ0n) is 7.16.